The van der Waals surface area contributed by atoms with E-state index < -0.39 is 21.3 Å². The van der Waals surface area contributed by atoms with Crippen LogP contribution in [0, 0.1) is 5.82 Å². The zero-order chi connectivity index (χ0) is 28.4. The predicted molar refractivity (Wildman–Crippen MR) is 143 cm³/mol. The third kappa shape index (κ3) is 5.49. The van der Waals surface area contributed by atoms with Gasteiger partial charge in [0.1, 0.15) is 17.2 Å². The maximum atomic E-state index is 13.8. The average Bonchev–Trinajstić information content (AvgIpc) is 3.30. The summed E-state index contributed by atoms with van der Waals surface area (Å²) >= 11 is 0. The summed E-state index contributed by atoms with van der Waals surface area (Å²) in [6, 6.07) is 14.7. The first-order valence-electron chi connectivity index (χ1n) is 11.8. The summed E-state index contributed by atoms with van der Waals surface area (Å²) in [5, 5.41) is 12.0. The molecule has 3 aromatic rings. The second kappa shape index (κ2) is 10.9. The monoisotopic (exact) mass is 556 g/mol. The van der Waals surface area contributed by atoms with Crippen molar-refractivity contribution in [2.75, 3.05) is 21.3 Å². The van der Waals surface area contributed by atoms with E-state index in [1.165, 1.54) is 33.5 Å². The van der Waals surface area contributed by atoms with Gasteiger partial charge in [0.25, 0.3) is 0 Å². The van der Waals surface area contributed by atoms with Crippen molar-refractivity contribution in [2.45, 2.75) is 30.3 Å². The van der Waals surface area contributed by atoms with E-state index in [1.807, 2.05) is 6.92 Å². The Hall–Kier alpha value is -4.25. The van der Waals surface area contributed by atoms with Gasteiger partial charge in [-0.25, -0.2) is 12.8 Å². The molecule has 206 valence electrons. The number of nitrogens with two attached hydrogens (primary N) is 1. The molecule has 1 aliphatic heterocycles. The summed E-state index contributed by atoms with van der Waals surface area (Å²) in [4.78, 5) is 0.00547. The lowest BCUT2D eigenvalue weighted by molar-refractivity contribution is 0.0799. The number of rotatable bonds is 9. The molecule has 0 saturated carbocycles. The van der Waals surface area contributed by atoms with Gasteiger partial charge in [0, 0.05) is 24.0 Å². The fraction of sp³-hybridized carbons (Fsp3) is 0.250. The van der Waals surface area contributed by atoms with Crippen molar-refractivity contribution in [3.05, 3.63) is 88.1 Å². The first-order chi connectivity index (χ1) is 18.5. The second-order valence-electron chi connectivity index (χ2n) is 9.21. The van der Waals surface area contributed by atoms with Gasteiger partial charge in [-0.3, -0.25) is 0 Å². The summed E-state index contributed by atoms with van der Waals surface area (Å²) < 4.78 is 63.9. The van der Waals surface area contributed by atoms with Crippen molar-refractivity contribution >= 4 is 21.4 Å². The molecule has 0 fully saturated rings. The summed E-state index contributed by atoms with van der Waals surface area (Å²) in [7, 11) is 0.483. The quantitative estimate of drug-likeness (QED) is 0.129. The molecule has 0 bridgehead atoms. The minimum atomic E-state index is -4.05. The molecule has 39 heavy (non-hydrogen) atoms. The largest absolute Gasteiger partial charge is 0.493 e. The molecule has 1 unspecified atom stereocenters. The van der Waals surface area contributed by atoms with Gasteiger partial charge in [0.15, 0.2) is 17.3 Å². The zero-order valence-electron chi connectivity index (χ0n) is 21.9. The van der Waals surface area contributed by atoms with Crippen LogP contribution in [0.1, 0.15) is 30.0 Å². The SMILES string of the molecule is COc1cc(CC2(C)CC(S(=O)(=O)c3ccc(F)cc3)=C(c3ccc(/C(N)=N/O)cc3)O2)cc(OC)c1OC. The van der Waals surface area contributed by atoms with Gasteiger partial charge in [-0.1, -0.05) is 29.4 Å². The highest BCUT2D eigenvalue weighted by Crippen LogP contribution is 2.46. The highest BCUT2D eigenvalue weighted by molar-refractivity contribution is 7.95. The van der Waals surface area contributed by atoms with E-state index in [9.17, 15) is 12.8 Å². The van der Waals surface area contributed by atoms with E-state index in [1.54, 1.807) is 36.4 Å². The van der Waals surface area contributed by atoms with Gasteiger partial charge in [-0.05, 0) is 48.9 Å². The second-order valence-corrected chi connectivity index (χ2v) is 11.2. The molecule has 3 N–H and O–H groups in total. The molecule has 9 nitrogen and oxygen atoms in total. The number of sulfone groups is 1. The molecule has 1 aliphatic rings. The van der Waals surface area contributed by atoms with Crippen LogP contribution in [-0.2, 0) is 21.0 Å². The third-order valence-electron chi connectivity index (χ3n) is 6.44. The number of hydrogen-bond donors (Lipinski definition) is 2. The van der Waals surface area contributed by atoms with Crippen LogP contribution in [0.3, 0.4) is 0 Å². The lowest BCUT2D eigenvalue weighted by Gasteiger charge is -2.26. The highest BCUT2D eigenvalue weighted by atomic mass is 32.2. The molecule has 1 atom stereocenters. The summed E-state index contributed by atoms with van der Waals surface area (Å²) in [5.74, 6) is 0.885. The molecule has 11 heteroatoms. The Kier molecular flexibility index (Phi) is 7.73. The Morgan fingerprint density at radius 2 is 1.62 bits per heavy atom. The minimum Gasteiger partial charge on any atom is -0.493 e. The normalized spacial score (nSPS) is 17.6. The lowest BCUT2D eigenvalue weighted by atomic mass is 9.93. The van der Waals surface area contributed by atoms with Gasteiger partial charge >= 0.3 is 0 Å². The van der Waals surface area contributed by atoms with Crippen LogP contribution in [0.5, 0.6) is 17.2 Å². The van der Waals surface area contributed by atoms with Gasteiger partial charge in [0.2, 0.25) is 15.6 Å². The summed E-state index contributed by atoms with van der Waals surface area (Å²) in [6.45, 7) is 1.81. The molecule has 0 radical (unpaired) electrons. The van der Waals surface area contributed by atoms with Crippen molar-refractivity contribution in [3.8, 4) is 17.2 Å². The molecule has 0 amide bonds. The van der Waals surface area contributed by atoms with Gasteiger partial charge < -0.3 is 29.9 Å². The average molecular weight is 557 g/mol. The molecule has 0 aliphatic carbocycles. The molecular formula is C28H29FN2O7S. The van der Waals surface area contributed by atoms with E-state index in [-0.39, 0.29) is 27.8 Å². The number of ether oxygens (including phenoxy) is 4. The topological polar surface area (TPSA) is 130 Å². The minimum absolute atomic E-state index is 0.0424. The molecule has 0 saturated heterocycles. The Bertz CT molecular complexity index is 1510. The van der Waals surface area contributed by atoms with Crippen LogP contribution in [-0.4, -0.2) is 46.4 Å². The molecule has 4 rings (SSSR count). The molecule has 0 aromatic heterocycles. The third-order valence-corrected chi connectivity index (χ3v) is 8.31. The maximum absolute atomic E-state index is 13.8. The number of nitrogens with zero attached hydrogens (tertiary/aromatic N) is 1. The van der Waals surface area contributed by atoms with Crippen molar-refractivity contribution in [1.82, 2.24) is 0 Å². The fourth-order valence-corrected chi connectivity index (χ4v) is 6.25. The standard InChI is InChI=1S/C28H29FN2O7S/c1-28(15-17-13-22(35-2)26(37-4)23(14-17)36-3)16-24(39(33,34)21-11-9-20(29)10-12-21)25(38-28)18-5-7-19(8-6-18)27(30)31-32/h5-14,32H,15-16H2,1-4H3,(H2,30,31). The number of benzene rings is 3. The Morgan fingerprint density at radius 1 is 1.03 bits per heavy atom. The summed E-state index contributed by atoms with van der Waals surface area (Å²) in [5.41, 5.74) is 6.41. The number of halogens is 1. The van der Waals surface area contributed by atoms with Crippen molar-refractivity contribution < 1.29 is 37.0 Å². The lowest BCUT2D eigenvalue weighted by Crippen LogP contribution is -2.27. The fourth-order valence-electron chi connectivity index (χ4n) is 4.57. The van der Waals surface area contributed by atoms with E-state index >= 15 is 0 Å². The Labute approximate surface area is 226 Å². The number of hydrogen-bond acceptors (Lipinski definition) is 8. The highest BCUT2D eigenvalue weighted by Gasteiger charge is 2.43. The van der Waals surface area contributed by atoms with Crippen LogP contribution < -0.4 is 19.9 Å². The molecule has 3 aromatic carbocycles. The Balaban J connectivity index is 1.78. The molecule has 0 spiro atoms. The predicted octanol–water partition coefficient (Wildman–Crippen LogP) is 4.51. The number of oxime groups is 1. The van der Waals surface area contributed by atoms with E-state index in [0.717, 1.165) is 17.7 Å². The van der Waals surface area contributed by atoms with Crippen LogP contribution >= 0.6 is 0 Å². The smallest absolute Gasteiger partial charge is 0.206 e. The molecule has 1 heterocycles. The number of methoxy groups -OCH3 is 3. The van der Waals surface area contributed by atoms with Gasteiger partial charge in [-0.2, -0.15) is 0 Å². The van der Waals surface area contributed by atoms with Gasteiger partial charge in [-0.15, -0.1) is 0 Å². The van der Waals surface area contributed by atoms with E-state index in [4.69, 9.17) is 29.9 Å². The van der Waals surface area contributed by atoms with Crippen LogP contribution in [0.25, 0.3) is 5.76 Å². The number of amidine groups is 1. The maximum Gasteiger partial charge on any atom is 0.206 e. The molecular weight excluding hydrogens is 527 g/mol. The van der Waals surface area contributed by atoms with Crippen LogP contribution in [0.2, 0.25) is 0 Å². The van der Waals surface area contributed by atoms with E-state index in [0.29, 0.717) is 34.8 Å². The van der Waals surface area contributed by atoms with Crippen LogP contribution in [0.4, 0.5) is 4.39 Å². The first-order valence-corrected chi connectivity index (χ1v) is 13.3. The van der Waals surface area contributed by atoms with Gasteiger partial charge in [0.05, 0.1) is 31.1 Å². The van der Waals surface area contributed by atoms with Crippen molar-refractivity contribution in [3.63, 3.8) is 0 Å². The van der Waals surface area contributed by atoms with Crippen LogP contribution in [0.15, 0.2) is 75.6 Å². The Morgan fingerprint density at radius 3 is 2.13 bits per heavy atom. The zero-order valence-corrected chi connectivity index (χ0v) is 22.7. The van der Waals surface area contributed by atoms with Crippen molar-refractivity contribution in [1.29, 1.82) is 0 Å². The van der Waals surface area contributed by atoms with Crippen molar-refractivity contribution in [2.24, 2.45) is 10.9 Å². The van der Waals surface area contributed by atoms with E-state index in [2.05, 4.69) is 5.16 Å². The first kappa shape index (κ1) is 27.8. The summed E-state index contributed by atoms with van der Waals surface area (Å²) in [6.07, 6.45) is 0.346.